The fourth-order valence-corrected chi connectivity index (χ4v) is 4.98. The minimum absolute atomic E-state index is 0.110. The van der Waals surface area contributed by atoms with E-state index >= 15 is 0 Å². The Bertz CT molecular complexity index is 888. The summed E-state index contributed by atoms with van der Waals surface area (Å²) in [6.07, 6.45) is 5.20. The number of hydrogen-bond acceptors (Lipinski definition) is 5. The van der Waals surface area contributed by atoms with Crippen LogP contribution in [0, 0.1) is 17.8 Å². The van der Waals surface area contributed by atoms with Crippen molar-refractivity contribution in [2.75, 3.05) is 12.3 Å². The first-order valence-corrected chi connectivity index (χ1v) is 10.1. The maximum absolute atomic E-state index is 13.2. The molecular formula is C22H20N2O3S. The number of thioether (sulfide) groups is 1. The standard InChI is InChI=1S/C22H20N2O3S/c1-2-22(13-24-19(25)17(23)20(24)28-14-22)21(26)27-18(15-9-5-3-6-10-15)16-11-7-4-8-12-16/h1,3-12,17-18,20H,13-14,23H2/t17?,20-,22?/m1/s1. The third-order valence-electron chi connectivity index (χ3n) is 5.22. The number of ether oxygens (including phenoxy) is 1. The molecule has 2 N–H and O–H groups in total. The summed E-state index contributed by atoms with van der Waals surface area (Å²) in [5.41, 5.74) is 6.37. The van der Waals surface area contributed by atoms with Gasteiger partial charge in [-0.1, -0.05) is 66.6 Å². The molecule has 5 nitrogen and oxygen atoms in total. The van der Waals surface area contributed by atoms with Crippen molar-refractivity contribution in [1.29, 1.82) is 0 Å². The first kappa shape index (κ1) is 18.6. The normalized spacial score (nSPS) is 26.2. The molecule has 0 aromatic heterocycles. The Labute approximate surface area is 168 Å². The molecule has 2 aromatic carbocycles. The quantitative estimate of drug-likeness (QED) is 0.491. The smallest absolute Gasteiger partial charge is 0.327 e. The number of nitrogens with two attached hydrogens (primary N) is 1. The van der Waals surface area contributed by atoms with Gasteiger partial charge in [0.2, 0.25) is 5.91 Å². The van der Waals surface area contributed by atoms with Crippen molar-refractivity contribution < 1.29 is 14.3 Å². The molecule has 2 heterocycles. The third kappa shape index (κ3) is 3.07. The van der Waals surface area contributed by atoms with Crippen LogP contribution in [0.25, 0.3) is 0 Å². The van der Waals surface area contributed by atoms with E-state index in [-0.39, 0.29) is 17.8 Å². The van der Waals surface area contributed by atoms with E-state index in [4.69, 9.17) is 16.9 Å². The summed E-state index contributed by atoms with van der Waals surface area (Å²) in [5, 5.41) is -0.110. The minimum atomic E-state index is -1.18. The van der Waals surface area contributed by atoms with Gasteiger partial charge in [-0.15, -0.1) is 18.2 Å². The van der Waals surface area contributed by atoms with Gasteiger partial charge in [0.25, 0.3) is 0 Å². The zero-order chi connectivity index (χ0) is 19.7. The fourth-order valence-electron chi connectivity index (χ4n) is 3.55. The highest BCUT2D eigenvalue weighted by Crippen LogP contribution is 2.42. The summed E-state index contributed by atoms with van der Waals surface area (Å²) in [6, 6.07) is 18.6. The van der Waals surface area contributed by atoms with Crippen LogP contribution in [0.1, 0.15) is 17.2 Å². The molecule has 2 fully saturated rings. The van der Waals surface area contributed by atoms with Crippen LogP contribution in [0.15, 0.2) is 60.7 Å². The maximum atomic E-state index is 13.2. The van der Waals surface area contributed by atoms with Crippen molar-refractivity contribution in [3.8, 4) is 12.3 Å². The van der Waals surface area contributed by atoms with Gasteiger partial charge >= 0.3 is 5.97 Å². The Hall–Kier alpha value is -2.75. The highest BCUT2D eigenvalue weighted by molar-refractivity contribution is 8.00. The second-order valence-corrected chi connectivity index (χ2v) is 8.13. The Morgan fingerprint density at radius 3 is 2.29 bits per heavy atom. The summed E-state index contributed by atoms with van der Waals surface area (Å²) in [4.78, 5) is 26.9. The Morgan fingerprint density at radius 1 is 1.18 bits per heavy atom. The lowest BCUT2D eigenvalue weighted by Crippen LogP contribution is -2.72. The van der Waals surface area contributed by atoms with E-state index in [0.29, 0.717) is 5.75 Å². The fraction of sp³-hybridized carbons (Fsp3) is 0.273. The second-order valence-electron chi connectivity index (χ2n) is 7.03. The molecule has 2 unspecified atom stereocenters. The summed E-state index contributed by atoms with van der Waals surface area (Å²) < 4.78 is 5.96. The van der Waals surface area contributed by atoms with Crippen LogP contribution in [0.5, 0.6) is 0 Å². The summed E-state index contributed by atoms with van der Waals surface area (Å²) in [6.45, 7) is 0.142. The van der Waals surface area contributed by atoms with Gasteiger partial charge in [-0.05, 0) is 11.1 Å². The topological polar surface area (TPSA) is 72.6 Å². The zero-order valence-electron chi connectivity index (χ0n) is 15.2. The number of nitrogens with zero attached hydrogens (tertiary/aromatic N) is 1. The van der Waals surface area contributed by atoms with E-state index in [1.165, 1.54) is 11.8 Å². The number of carbonyl (C=O) groups is 2. The van der Waals surface area contributed by atoms with Crippen molar-refractivity contribution in [3.63, 3.8) is 0 Å². The van der Waals surface area contributed by atoms with Gasteiger partial charge in [-0.3, -0.25) is 9.59 Å². The molecule has 4 rings (SSSR count). The maximum Gasteiger partial charge on any atom is 0.327 e. The molecule has 0 radical (unpaired) electrons. The molecule has 0 spiro atoms. The van der Waals surface area contributed by atoms with Crippen LogP contribution in [-0.4, -0.2) is 40.5 Å². The molecule has 0 bridgehead atoms. The molecular weight excluding hydrogens is 372 g/mol. The average molecular weight is 392 g/mol. The largest absolute Gasteiger partial charge is 0.451 e. The van der Waals surface area contributed by atoms with Gasteiger partial charge in [0.15, 0.2) is 11.5 Å². The van der Waals surface area contributed by atoms with Gasteiger partial charge in [-0.25, -0.2) is 0 Å². The summed E-state index contributed by atoms with van der Waals surface area (Å²) in [7, 11) is 0. The van der Waals surface area contributed by atoms with Gasteiger partial charge in [0.05, 0.1) is 0 Å². The van der Waals surface area contributed by atoms with E-state index in [0.717, 1.165) is 11.1 Å². The molecule has 28 heavy (non-hydrogen) atoms. The number of amides is 1. The highest BCUT2D eigenvalue weighted by atomic mass is 32.2. The highest BCUT2D eigenvalue weighted by Gasteiger charge is 2.56. The zero-order valence-corrected chi connectivity index (χ0v) is 16.0. The SMILES string of the molecule is C#CC1(C(=O)OC(c2ccccc2)c2ccccc2)CS[C@@H]2C(N)C(=O)N2C1. The number of terminal acetylenes is 1. The Morgan fingerprint density at radius 2 is 1.75 bits per heavy atom. The van der Waals surface area contributed by atoms with E-state index in [9.17, 15) is 9.59 Å². The van der Waals surface area contributed by atoms with Crippen LogP contribution >= 0.6 is 11.8 Å². The summed E-state index contributed by atoms with van der Waals surface area (Å²) in [5.74, 6) is 2.32. The van der Waals surface area contributed by atoms with E-state index < -0.39 is 23.5 Å². The number of rotatable bonds is 4. The van der Waals surface area contributed by atoms with Crippen LogP contribution in [0.2, 0.25) is 0 Å². The number of esters is 1. The predicted octanol–water partition coefficient (Wildman–Crippen LogP) is 2.18. The molecule has 3 atom stereocenters. The van der Waals surface area contributed by atoms with Gasteiger partial charge in [0.1, 0.15) is 11.4 Å². The van der Waals surface area contributed by atoms with Gasteiger partial charge in [0, 0.05) is 12.3 Å². The molecule has 0 aliphatic carbocycles. The van der Waals surface area contributed by atoms with Crippen LogP contribution < -0.4 is 5.73 Å². The van der Waals surface area contributed by atoms with Crippen molar-refractivity contribution in [1.82, 2.24) is 4.90 Å². The minimum Gasteiger partial charge on any atom is -0.451 e. The van der Waals surface area contributed by atoms with E-state index in [1.54, 1.807) is 4.90 Å². The van der Waals surface area contributed by atoms with E-state index in [2.05, 4.69) is 5.92 Å². The summed E-state index contributed by atoms with van der Waals surface area (Å²) >= 11 is 1.44. The number of carbonyl (C=O) groups excluding carboxylic acids is 2. The first-order valence-electron chi connectivity index (χ1n) is 9.02. The van der Waals surface area contributed by atoms with Crippen molar-refractivity contribution in [3.05, 3.63) is 71.8 Å². The molecule has 2 aromatic rings. The monoisotopic (exact) mass is 392 g/mol. The predicted molar refractivity (Wildman–Crippen MR) is 108 cm³/mol. The molecule has 142 valence electrons. The Kier molecular flexibility index (Phi) is 4.88. The van der Waals surface area contributed by atoms with Crippen LogP contribution in [0.3, 0.4) is 0 Å². The van der Waals surface area contributed by atoms with Gasteiger partial charge in [-0.2, -0.15) is 0 Å². The lowest BCUT2D eigenvalue weighted by Gasteiger charge is -2.51. The van der Waals surface area contributed by atoms with Crippen molar-refractivity contribution >= 4 is 23.6 Å². The third-order valence-corrected chi connectivity index (χ3v) is 6.77. The number of benzene rings is 2. The Balaban J connectivity index is 1.61. The second kappa shape index (κ2) is 7.34. The van der Waals surface area contributed by atoms with E-state index in [1.807, 2.05) is 60.7 Å². The molecule has 6 heteroatoms. The lowest BCUT2D eigenvalue weighted by molar-refractivity contribution is -0.160. The molecule has 1 amide bonds. The first-order chi connectivity index (χ1) is 13.6. The number of β-lactam (4-membered cyclic amide) rings is 1. The molecule has 0 saturated carbocycles. The molecule has 2 saturated heterocycles. The van der Waals surface area contributed by atoms with Gasteiger partial charge < -0.3 is 15.4 Å². The average Bonchev–Trinajstić information content (AvgIpc) is 2.77. The lowest BCUT2D eigenvalue weighted by atomic mass is 9.88. The van der Waals surface area contributed by atoms with Crippen molar-refractivity contribution in [2.45, 2.75) is 17.5 Å². The molecule has 2 aliphatic rings. The van der Waals surface area contributed by atoms with Crippen LogP contribution in [0.4, 0.5) is 0 Å². The number of fused-ring (bicyclic) bond motifs is 1. The molecule has 2 aliphatic heterocycles. The van der Waals surface area contributed by atoms with Crippen molar-refractivity contribution in [2.24, 2.45) is 11.1 Å². The van der Waals surface area contributed by atoms with Crippen LogP contribution in [-0.2, 0) is 14.3 Å². The number of hydrogen-bond donors (Lipinski definition) is 1.